The predicted molar refractivity (Wildman–Crippen MR) is 112 cm³/mol. The quantitative estimate of drug-likeness (QED) is 0.742. The average Bonchev–Trinajstić information content (AvgIpc) is 3.25. The number of benzene rings is 1. The molecule has 0 radical (unpaired) electrons. The molecule has 6 nitrogen and oxygen atoms in total. The van der Waals surface area contributed by atoms with Crippen LogP contribution in [0.3, 0.4) is 0 Å². The van der Waals surface area contributed by atoms with Crippen molar-refractivity contribution < 1.29 is 13.2 Å². The number of thiazole rings is 1. The Bertz CT molecular complexity index is 924. The Morgan fingerprint density at radius 1 is 1.29 bits per heavy atom. The molecule has 2 unspecified atom stereocenters. The summed E-state index contributed by atoms with van der Waals surface area (Å²) in [6.07, 6.45) is 3.79. The minimum absolute atomic E-state index is 0.0395. The number of likely N-dealkylation sites (tertiary alicyclic amines) is 1. The molecule has 4 rings (SSSR count). The largest absolute Gasteiger partial charge is 0.338 e. The SMILES string of the molecule is CCN(C(=O)CN1CCCCC1c1nc2ccccc2s1)C1CCS(=O)(=O)C1. The van der Waals surface area contributed by atoms with Gasteiger partial charge in [-0.3, -0.25) is 9.69 Å². The summed E-state index contributed by atoms with van der Waals surface area (Å²) in [6.45, 7) is 3.71. The third-order valence-electron chi connectivity index (χ3n) is 5.86. The van der Waals surface area contributed by atoms with E-state index in [4.69, 9.17) is 4.98 Å². The van der Waals surface area contributed by atoms with Gasteiger partial charge in [0.1, 0.15) is 5.01 Å². The van der Waals surface area contributed by atoms with Gasteiger partial charge in [-0.2, -0.15) is 0 Å². The summed E-state index contributed by atoms with van der Waals surface area (Å²) in [5.74, 6) is 0.338. The summed E-state index contributed by atoms with van der Waals surface area (Å²) in [6, 6.07) is 8.15. The number of piperidine rings is 1. The summed E-state index contributed by atoms with van der Waals surface area (Å²) in [7, 11) is -3.00. The molecule has 1 amide bonds. The van der Waals surface area contributed by atoms with Gasteiger partial charge < -0.3 is 4.90 Å². The van der Waals surface area contributed by atoms with E-state index >= 15 is 0 Å². The maximum Gasteiger partial charge on any atom is 0.237 e. The molecule has 2 fully saturated rings. The molecular weight excluding hydrogens is 394 g/mol. The van der Waals surface area contributed by atoms with Crippen LogP contribution in [0.5, 0.6) is 0 Å². The van der Waals surface area contributed by atoms with Gasteiger partial charge in [0, 0.05) is 12.6 Å². The highest BCUT2D eigenvalue weighted by Gasteiger charge is 2.35. The Labute approximate surface area is 170 Å². The first-order chi connectivity index (χ1) is 13.5. The maximum atomic E-state index is 13.1. The molecule has 8 heteroatoms. The Morgan fingerprint density at radius 3 is 2.82 bits per heavy atom. The number of amides is 1. The number of fused-ring (bicyclic) bond motifs is 1. The number of nitrogens with zero attached hydrogens (tertiary/aromatic N) is 3. The maximum absolute atomic E-state index is 13.1. The average molecular weight is 422 g/mol. The summed E-state index contributed by atoms with van der Waals surface area (Å²) >= 11 is 1.72. The van der Waals surface area contributed by atoms with Crippen LogP contribution < -0.4 is 0 Å². The van der Waals surface area contributed by atoms with Crippen molar-refractivity contribution in [1.82, 2.24) is 14.8 Å². The number of hydrogen-bond donors (Lipinski definition) is 0. The van der Waals surface area contributed by atoms with Crippen molar-refractivity contribution in [2.45, 2.75) is 44.7 Å². The van der Waals surface area contributed by atoms with Gasteiger partial charge in [0.15, 0.2) is 9.84 Å². The Morgan fingerprint density at radius 2 is 2.11 bits per heavy atom. The molecule has 0 aliphatic carbocycles. The fourth-order valence-electron chi connectivity index (χ4n) is 4.42. The Kier molecular flexibility index (Phi) is 5.71. The van der Waals surface area contributed by atoms with Crippen molar-refractivity contribution in [2.24, 2.45) is 0 Å². The summed E-state index contributed by atoms with van der Waals surface area (Å²) in [5, 5.41) is 1.08. The van der Waals surface area contributed by atoms with Crippen LogP contribution in [-0.4, -0.2) is 66.3 Å². The topological polar surface area (TPSA) is 70.6 Å². The van der Waals surface area contributed by atoms with E-state index in [1.54, 1.807) is 16.2 Å². The third-order valence-corrected chi connectivity index (χ3v) is 8.75. The molecule has 0 N–H and O–H groups in total. The molecule has 2 aliphatic heterocycles. The van der Waals surface area contributed by atoms with Crippen LogP contribution in [0.25, 0.3) is 10.2 Å². The van der Waals surface area contributed by atoms with Crippen LogP contribution in [0.1, 0.15) is 43.7 Å². The van der Waals surface area contributed by atoms with Crippen LogP contribution in [0, 0.1) is 0 Å². The number of aromatic nitrogens is 1. The number of hydrogen-bond acceptors (Lipinski definition) is 6. The van der Waals surface area contributed by atoms with Crippen molar-refractivity contribution in [3.8, 4) is 0 Å². The fourth-order valence-corrected chi connectivity index (χ4v) is 7.28. The van der Waals surface area contributed by atoms with E-state index in [2.05, 4.69) is 11.0 Å². The van der Waals surface area contributed by atoms with E-state index < -0.39 is 9.84 Å². The molecule has 2 aliphatic rings. The molecule has 2 aromatic rings. The summed E-state index contributed by atoms with van der Waals surface area (Å²) < 4.78 is 24.9. The molecule has 0 spiro atoms. The first-order valence-corrected chi connectivity index (χ1v) is 12.7. The van der Waals surface area contributed by atoms with Crippen molar-refractivity contribution in [1.29, 1.82) is 0 Å². The molecule has 152 valence electrons. The van der Waals surface area contributed by atoms with Gasteiger partial charge in [0.25, 0.3) is 0 Å². The van der Waals surface area contributed by atoms with Gasteiger partial charge in [-0.05, 0) is 44.9 Å². The fraction of sp³-hybridized carbons (Fsp3) is 0.600. The number of carbonyl (C=O) groups excluding carboxylic acids is 1. The van der Waals surface area contributed by atoms with Crippen molar-refractivity contribution in [3.63, 3.8) is 0 Å². The second-order valence-electron chi connectivity index (χ2n) is 7.74. The summed E-state index contributed by atoms with van der Waals surface area (Å²) in [5.41, 5.74) is 1.02. The van der Waals surface area contributed by atoms with Gasteiger partial charge in [0.2, 0.25) is 5.91 Å². The number of para-hydroxylation sites is 1. The zero-order valence-electron chi connectivity index (χ0n) is 16.2. The molecule has 0 bridgehead atoms. The lowest BCUT2D eigenvalue weighted by molar-refractivity contribution is -0.135. The molecule has 0 saturated carbocycles. The van der Waals surface area contributed by atoms with Crippen LogP contribution in [0.15, 0.2) is 24.3 Å². The number of rotatable bonds is 5. The number of sulfone groups is 1. The smallest absolute Gasteiger partial charge is 0.237 e. The zero-order valence-corrected chi connectivity index (χ0v) is 17.8. The highest BCUT2D eigenvalue weighted by atomic mass is 32.2. The molecule has 1 aromatic carbocycles. The first-order valence-electron chi connectivity index (χ1n) is 10.1. The van der Waals surface area contributed by atoms with E-state index in [1.807, 2.05) is 25.1 Å². The molecule has 2 saturated heterocycles. The lowest BCUT2D eigenvalue weighted by Crippen LogP contribution is -2.47. The molecule has 2 atom stereocenters. The van der Waals surface area contributed by atoms with Crippen LogP contribution in [0.4, 0.5) is 0 Å². The Hall–Kier alpha value is -1.51. The normalized spacial score (nSPS) is 25.2. The summed E-state index contributed by atoms with van der Waals surface area (Å²) in [4.78, 5) is 21.9. The second kappa shape index (κ2) is 8.08. The molecular formula is C20H27N3O3S2. The molecule has 28 heavy (non-hydrogen) atoms. The Balaban J connectivity index is 1.50. The zero-order chi connectivity index (χ0) is 19.7. The highest BCUT2D eigenvalue weighted by molar-refractivity contribution is 7.91. The van der Waals surface area contributed by atoms with E-state index in [-0.39, 0.29) is 29.5 Å². The van der Waals surface area contributed by atoms with E-state index in [0.29, 0.717) is 19.5 Å². The second-order valence-corrected chi connectivity index (χ2v) is 11.0. The van der Waals surface area contributed by atoms with E-state index in [1.165, 1.54) is 4.70 Å². The number of likely N-dealkylation sites (N-methyl/N-ethyl adjacent to an activating group) is 1. The van der Waals surface area contributed by atoms with Crippen LogP contribution in [-0.2, 0) is 14.6 Å². The first kappa shape index (κ1) is 19.8. The van der Waals surface area contributed by atoms with Crippen molar-refractivity contribution in [3.05, 3.63) is 29.3 Å². The van der Waals surface area contributed by atoms with E-state index in [0.717, 1.165) is 36.3 Å². The highest BCUT2D eigenvalue weighted by Crippen LogP contribution is 2.35. The minimum Gasteiger partial charge on any atom is -0.338 e. The predicted octanol–water partition coefficient (Wildman–Crippen LogP) is 2.86. The van der Waals surface area contributed by atoms with Crippen LogP contribution >= 0.6 is 11.3 Å². The number of carbonyl (C=O) groups is 1. The standard InChI is InChI=1S/C20H27N3O3S2/c1-2-23(15-10-12-28(25,26)14-15)19(24)13-22-11-6-5-8-17(22)20-21-16-7-3-4-9-18(16)27-20/h3-4,7,9,15,17H,2,5-6,8,10-14H2,1H3. The lowest BCUT2D eigenvalue weighted by atomic mass is 10.0. The van der Waals surface area contributed by atoms with Gasteiger partial charge in [0.05, 0.1) is 34.3 Å². The lowest BCUT2D eigenvalue weighted by Gasteiger charge is -2.36. The van der Waals surface area contributed by atoms with Crippen LogP contribution in [0.2, 0.25) is 0 Å². The van der Waals surface area contributed by atoms with Gasteiger partial charge >= 0.3 is 0 Å². The van der Waals surface area contributed by atoms with Crippen molar-refractivity contribution >= 4 is 37.3 Å². The van der Waals surface area contributed by atoms with E-state index in [9.17, 15) is 13.2 Å². The molecule has 1 aromatic heterocycles. The van der Waals surface area contributed by atoms with Gasteiger partial charge in [-0.1, -0.05) is 18.6 Å². The monoisotopic (exact) mass is 421 g/mol. The molecule has 3 heterocycles. The van der Waals surface area contributed by atoms with Gasteiger partial charge in [-0.25, -0.2) is 13.4 Å². The minimum atomic E-state index is -3.00. The third kappa shape index (κ3) is 4.09. The van der Waals surface area contributed by atoms with Crippen molar-refractivity contribution in [2.75, 3.05) is 31.1 Å². The van der Waals surface area contributed by atoms with Gasteiger partial charge in [-0.15, -0.1) is 11.3 Å².